The summed E-state index contributed by atoms with van der Waals surface area (Å²) in [6.07, 6.45) is 0. The number of amides is 1. The monoisotopic (exact) mass is 393 g/mol. The van der Waals surface area contributed by atoms with Gasteiger partial charge in [-0.2, -0.15) is 4.31 Å². The molecule has 2 rings (SSSR count). The molecule has 24 heavy (non-hydrogen) atoms. The summed E-state index contributed by atoms with van der Waals surface area (Å²) in [6.45, 7) is 6.21. The number of carbonyl (C=O) groups is 1. The van der Waals surface area contributed by atoms with E-state index in [4.69, 9.17) is 0 Å². The Morgan fingerprint density at radius 1 is 1.38 bits per heavy atom. The van der Waals surface area contributed by atoms with Crippen LogP contribution in [0.4, 0.5) is 5.69 Å². The number of hydrogen-bond acceptors (Lipinski definition) is 5. The maximum Gasteiger partial charge on any atom is 0.243 e. The molecule has 2 N–H and O–H groups in total. The van der Waals surface area contributed by atoms with E-state index in [1.54, 1.807) is 36.9 Å². The summed E-state index contributed by atoms with van der Waals surface area (Å²) in [4.78, 5) is 12.4. The van der Waals surface area contributed by atoms with E-state index in [0.29, 0.717) is 24.3 Å². The van der Waals surface area contributed by atoms with E-state index in [1.165, 1.54) is 4.31 Å². The third-order valence-electron chi connectivity index (χ3n) is 3.81. The first-order valence-electron chi connectivity index (χ1n) is 7.63. The summed E-state index contributed by atoms with van der Waals surface area (Å²) in [7, 11) is -3.55. The molecule has 0 radical (unpaired) electrons. The van der Waals surface area contributed by atoms with E-state index >= 15 is 0 Å². The number of sulfonamides is 1. The highest BCUT2D eigenvalue weighted by atomic mass is 35.5. The van der Waals surface area contributed by atoms with Crippen LogP contribution in [0.3, 0.4) is 0 Å². The van der Waals surface area contributed by atoms with Gasteiger partial charge in [0, 0.05) is 30.4 Å². The van der Waals surface area contributed by atoms with Gasteiger partial charge in [0.1, 0.15) is 0 Å². The second kappa shape index (κ2) is 9.05. The average molecular weight is 394 g/mol. The molecule has 0 spiro atoms. The third kappa shape index (κ3) is 4.64. The van der Waals surface area contributed by atoms with E-state index in [1.807, 2.05) is 13.8 Å². The number of nitrogens with zero attached hydrogens (tertiary/aromatic N) is 1. The van der Waals surface area contributed by atoms with Crippen molar-refractivity contribution in [2.45, 2.75) is 31.7 Å². The zero-order valence-electron chi connectivity index (χ0n) is 14.0. The van der Waals surface area contributed by atoms with Gasteiger partial charge >= 0.3 is 0 Å². The molecule has 9 heteroatoms. The molecule has 0 saturated carbocycles. The number of carbonyl (C=O) groups excluding carboxylic acids is 1. The van der Waals surface area contributed by atoms with Crippen molar-refractivity contribution in [3.63, 3.8) is 0 Å². The van der Waals surface area contributed by atoms with E-state index in [0.717, 1.165) is 11.6 Å². The summed E-state index contributed by atoms with van der Waals surface area (Å²) in [5, 5.41) is 5.89. The molecule has 1 fully saturated rings. The minimum absolute atomic E-state index is 0. The van der Waals surface area contributed by atoms with Crippen molar-refractivity contribution < 1.29 is 13.2 Å². The zero-order valence-corrected chi connectivity index (χ0v) is 16.5. The van der Waals surface area contributed by atoms with Crippen molar-refractivity contribution in [3.8, 4) is 0 Å². The van der Waals surface area contributed by atoms with E-state index in [2.05, 4.69) is 10.6 Å². The molecule has 1 saturated heterocycles. The number of anilines is 1. The van der Waals surface area contributed by atoms with E-state index in [9.17, 15) is 13.2 Å². The van der Waals surface area contributed by atoms with Crippen LogP contribution in [0.1, 0.15) is 19.4 Å². The molecular weight excluding hydrogens is 370 g/mol. The first-order valence-corrected chi connectivity index (χ1v) is 10.2. The smallest absolute Gasteiger partial charge is 0.243 e. The first kappa shape index (κ1) is 21.2. The van der Waals surface area contributed by atoms with Gasteiger partial charge in [0.25, 0.3) is 0 Å². The second-order valence-electron chi connectivity index (χ2n) is 5.33. The van der Waals surface area contributed by atoms with E-state index in [-0.39, 0.29) is 29.3 Å². The van der Waals surface area contributed by atoms with Gasteiger partial charge in [-0.05, 0) is 24.6 Å². The molecule has 1 amide bonds. The minimum Gasteiger partial charge on any atom is -0.325 e. The number of halogens is 1. The SMILES string of the molecule is CCN(CC)S(=O)(=O)c1cc(NC(=O)C2CSCN2)ccc1C.Cl. The first-order chi connectivity index (χ1) is 10.9. The van der Waals surface area contributed by atoms with Crippen molar-refractivity contribution in [2.24, 2.45) is 0 Å². The maximum atomic E-state index is 12.7. The molecule has 1 aliphatic rings. The van der Waals surface area contributed by atoms with Gasteiger partial charge in [0.05, 0.1) is 10.9 Å². The predicted molar refractivity (Wildman–Crippen MR) is 101 cm³/mol. The lowest BCUT2D eigenvalue weighted by atomic mass is 10.2. The van der Waals surface area contributed by atoms with Crippen LogP contribution in [0.2, 0.25) is 0 Å². The van der Waals surface area contributed by atoms with Crippen molar-refractivity contribution >= 4 is 45.8 Å². The van der Waals surface area contributed by atoms with Crippen LogP contribution in [0.25, 0.3) is 0 Å². The number of nitrogens with one attached hydrogen (secondary N) is 2. The molecule has 1 heterocycles. The van der Waals surface area contributed by atoms with Crippen LogP contribution in [0, 0.1) is 6.92 Å². The van der Waals surface area contributed by atoms with Gasteiger partial charge in [0.2, 0.25) is 15.9 Å². The summed E-state index contributed by atoms with van der Waals surface area (Å²) < 4.78 is 26.8. The Kier molecular flexibility index (Phi) is 8.01. The zero-order chi connectivity index (χ0) is 17.0. The van der Waals surface area contributed by atoms with Crippen molar-refractivity contribution in [1.82, 2.24) is 9.62 Å². The Bertz CT molecular complexity index is 673. The van der Waals surface area contributed by atoms with Gasteiger partial charge in [0.15, 0.2) is 0 Å². The summed E-state index contributed by atoms with van der Waals surface area (Å²) >= 11 is 1.67. The molecule has 1 aromatic rings. The molecule has 0 aromatic heterocycles. The Balaban J connectivity index is 0.00000288. The van der Waals surface area contributed by atoms with Gasteiger partial charge < -0.3 is 5.32 Å². The number of thioether (sulfide) groups is 1. The predicted octanol–water partition coefficient (Wildman–Crippen LogP) is 2.05. The molecule has 1 aliphatic heterocycles. The fraction of sp³-hybridized carbons (Fsp3) is 0.533. The minimum atomic E-state index is -3.55. The Morgan fingerprint density at radius 2 is 2.04 bits per heavy atom. The van der Waals surface area contributed by atoms with Crippen molar-refractivity contribution in [1.29, 1.82) is 0 Å². The number of rotatable bonds is 6. The number of aryl methyl sites for hydroxylation is 1. The van der Waals surface area contributed by atoms with Crippen LogP contribution in [0.5, 0.6) is 0 Å². The normalized spacial score (nSPS) is 17.6. The van der Waals surface area contributed by atoms with Crippen LogP contribution in [-0.2, 0) is 14.8 Å². The van der Waals surface area contributed by atoms with Crippen LogP contribution >= 0.6 is 24.2 Å². The molecule has 1 unspecified atom stereocenters. The van der Waals surface area contributed by atoms with Crippen LogP contribution < -0.4 is 10.6 Å². The molecule has 6 nitrogen and oxygen atoms in total. The molecule has 1 aromatic carbocycles. The van der Waals surface area contributed by atoms with Crippen molar-refractivity contribution in [2.75, 3.05) is 30.0 Å². The third-order valence-corrected chi connectivity index (χ3v) is 6.94. The van der Waals surface area contributed by atoms with Crippen LogP contribution in [0.15, 0.2) is 23.1 Å². The molecule has 0 aliphatic carbocycles. The summed E-state index contributed by atoms with van der Waals surface area (Å²) in [5.74, 6) is 1.35. The topological polar surface area (TPSA) is 78.5 Å². The maximum absolute atomic E-state index is 12.7. The lowest BCUT2D eigenvalue weighted by molar-refractivity contribution is -0.117. The highest BCUT2D eigenvalue weighted by molar-refractivity contribution is 7.99. The molecule has 0 bridgehead atoms. The van der Waals surface area contributed by atoms with Crippen LogP contribution in [-0.4, -0.2) is 49.4 Å². The summed E-state index contributed by atoms with van der Waals surface area (Å²) in [6, 6.07) is 4.77. The summed E-state index contributed by atoms with van der Waals surface area (Å²) in [5.41, 5.74) is 1.18. The Labute approximate surface area is 154 Å². The molecule has 136 valence electrons. The highest BCUT2D eigenvalue weighted by Crippen LogP contribution is 2.24. The number of hydrogen-bond donors (Lipinski definition) is 2. The quantitative estimate of drug-likeness (QED) is 0.773. The number of benzene rings is 1. The Morgan fingerprint density at radius 3 is 2.58 bits per heavy atom. The average Bonchev–Trinajstić information content (AvgIpc) is 3.04. The van der Waals surface area contributed by atoms with Gasteiger partial charge in [-0.1, -0.05) is 19.9 Å². The van der Waals surface area contributed by atoms with Gasteiger partial charge in [-0.3, -0.25) is 10.1 Å². The molecular formula is C15H24ClN3O3S2. The largest absolute Gasteiger partial charge is 0.325 e. The molecule has 1 atom stereocenters. The lowest BCUT2D eigenvalue weighted by Gasteiger charge is -2.20. The van der Waals surface area contributed by atoms with E-state index < -0.39 is 10.0 Å². The van der Waals surface area contributed by atoms with Crippen molar-refractivity contribution in [3.05, 3.63) is 23.8 Å². The highest BCUT2D eigenvalue weighted by Gasteiger charge is 2.25. The Hall–Kier alpha value is -0.800. The standard InChI is InChI=1S/C15H23N3O3S2.ClH/c1-4-18(5-2)23(20,21)14-8-12(7-6-11(14)3)17-15(19)13-9-22-10-16-13;/h6-8,13,16H,4-5,9-10H2,1-3H3,(H,17,19);1H. The second-order valence-corrected chi connectivity index (χ2v) is 8.27. The fourth-order valence-electron chi connectivity index (χ4n) is 2.45. The van der Waals surface area contributed by atoms with Gasteiger partial charge in [-0.25, -0.2) is 8.42 Å². The lowest BCUT2D eigenvalue weighted by Crippen LogP contribution is -2.37. The fourth-order valence-corrected chi connectivity index (χ4v) is 5.10. The van der Waals surface area contributed by atoms with Gasteiger partial charge in [-0.15, -0.1) is 24.2 Å².